The molecule has 3 aromatic carbocycles. The molecule has 0 saturated heterocycles. The number of hydrogen-bond donors (Lipinski definition) is 2. The maximum atomic E-state index is 14.3. The van der Waals surface area contributed by atoms with E-state index in [4.69, 9.17) is 0 Å². The lowest BCUT2D eigenvalue weighted by atomic mass is 10.1. The summed E-state index contributed by atoms with van der Waals surface area (Å²) >= 11 is 0. The van der Waals surface area contributed by atoms with Crippen LogP contribution in [0.25, 0.3) is 21.8 Å². The van der Waals surface area contributed by atoms with Crippen molar-refractivity contribution >= 4 is 37.5 Å². The molecule has 28 heavy (non-hydrogen) atoms. The third-order valence-corrected chi connectivity index (χ3v) is 5.64. The van der Waals surface area contributed by atoms with Gasteiger partial charge in [0, 0.05) is 10.8 Å². The second-order valence-electron chi connectivity index (χ2n) is 6.30. The summed E-state index contributed by atoms with van der Waals surface area (Å²) in [6.45, 7) is 1.85. The van der Waals surface area contributed by atoms with Crippen LogP contribution >= 0.6 is 0 Å². The average molecular weight is 399 g/mol. The van der Waals surface area contributed by atoms with Gasteiger partial charge in [-0.1, -0.05) is 42.0 Å². The maximum Gasteiger partial charge on any atom is 0.257 e. The van der Waals surface area contributed by atoms with E-state index in [1.165, 1.54) is 36.4 Å². The van der Waals surface area contributed by atoms with E-state index < -0.39 is 21.7 Å². The maximum absolute atomic E-state index is 14.3. The van der Waals surface area contributed by atoms with Gasteiger partial charge in [0.2, 0.25) is 0 Å². The summed E-state index contributed by atoms with van der Waals surface area (Å²) < 4.78 is 53.7. The molecule has 5 nitrogen and oxygen atoms in total. The summed E-state index contributed by atoms with van der Waals surface area (Å²) in [4.78, 5) is 6.43. The van der Waals surface area contributed by atoms with E-state index in [2.05, 4.69) is 15.2 Å². The molecular weight excluding hydrogens is 384 g/mol. The predicted molar refractivity (Wildman–Crippen MR) is 104 cm³/mol. The van der Waals surface area contributed by atoms with Crippen molar-refractivity contribution in [2.75, 3.05) is 5.43 Å². The number of aromatic nitrogens is 1. The lowest BCUT2D eigenvalue weighted by Crippen LogP contribution is -2.29. The molecule has 0 unspecified atom stereocenters. The van der Waals surface area contributed by atoms with E-state index in [1.807, 2.05) is 6.92 Å². The number of fused-ring (bicyclic) bond motifs is 2. The van der Waals surface area contributed by atoms with Gasteiger partial charge in [0.05, 0.1) is 10.6 Å². The fourth-order valence-corrected chi connectivity index (χ4v) is 3.80. The molecule has 0 saturated carbocycles. The Balaban J connectivity index is 1.84. The van der Waals surface area contributed by atoms with E-state index >= 15 is 0 Å². The highest BCUT2D eigenvalue weighted by Gasteiger charge is 2.18. The Bertz CT molecular complexity index is 1250. The third kappa shape index (κ3) is 3.17. The van der Waals surface area contributed by atoms with Crippen LogP contribution in [0.4, 0.5) is 14.5 Å². The molecule has 0 amide bonds. The van der Waals surface area contributed by atoms with Crippen molar-refractivity contribution in [2.45, 2.75) is 11.8 Å². The number of benzene rings is 3. The van der Waals surface area contributed by atoms with Gasteiger partial charge in [-0.25, -0.2) is 22.2 Å². The number of sulfonamides is 1. The van der Waals surface area contributed by atoms with Gasteiger partial charge in [-0.15, -0.1) is 4.83 Å². The Morgan fingerprint density at radius 3 is 1.89 bits per heavy atom. The highest BCUT2D eigenvalue weighted by atomic mass is 32.2. The summed E-state index contributed by atoms with van der Waals surface area (Å²) in [5.41, 5.74) is 3.65. The van der Waals surface area contributed by atoms with Crippen LogP contribution in [0.1, 0.15) is 5.56 Å². The molecule has 4 rings (SSSR count). The minimum absolute atomic E-state index is 0.0582. The number of hydrogen-bond acceptors (Lipinski definition) is 4. The summed E-state index contributed by atoms with van der Waals surface area (Å²) in [5, 5.41) is 0.648. The number of halogens is 2. The summed E-state index contributed by atoms with van der Waals surface area (Å²) in [6, 6.07) is 14.8. The van der Waals surface area contributed by atoms with Crippen molar-refractivity contribution in [2.24, 2.45) is 0 Å². The zero-order chi connectivity index (χ0) is 19.9. The smallest absolute Gasteiger partial charge is 0.257 e. The Labute approximate surface area is 160 Å². The first kappa shape index (κ1) is 18.3. The second kappa shape index (κ2) is 6.81. The van der Waals surface area contributed by atoms with E-state index in [1.54, 1.807) is 24.3 Å². The van der Waals surface area contributed by atoms with Crippen LogP contribution in [0.5, 0.6) is 0 Å². The van der Waals surface area contributed by atoms with Crippen LogP contribution in [0.15, 0.2) is 65.6 Å². The Kier molecular flexibility index (Phi) is 4.44. The fourth-order valence-electron chi connectivity index (χ4n) is 2.95. The number of aryl methyl sites for hydroxylation is 1. The van der Waals surface area contributed by atoms with Gasteiger partial charge in [0.1, 0.15) is 22.7 Å². The molecular formula is C20H15F2N3O2S. The molecule has 4 aromatic rings. The highest BCUT2D eigenvalue weighted by molar-refractivity contribution is 7.89. The molecule has 8 heteroatoms. The molecule has 0 aliphatic carbocycles. The van der Waals surface area contributed by atoms with E-state index in [0.29, 0.717) is 10.8 Å². The summed E-state index contributed by atoms with van der Waals surface area (Å²) in [5.74, 6) is -1.26. The quantitative estimate of drug-likeness (QED) is 0.397. The molecule has 2 N–H and O–H groups in total. The van der Waals surface area contributed by atoms with Crippen LogP contribution in [-0.4, -0.2) is 13.4 Å². The zero-order valence-corrected chi connectivity index (χ0v) is 15.5. The monoisotopic (exact) mass is 399 g/mol. The van der Waals surface area contributed by atoms with Gasteiger partial charge in [-0.2, -0.15) is 0 Å². The number of para-hydroxylation sites is 2. The molecule has 0 bridgehead atoms. The Hall–Kier alpha value is -3.10. The number of nitrogens with zero attached hydrogens (tertiary/aromatic N) is 1. The molecule has 1 heterocycles. The molecule has 0 fully saturated rings. The van der Waals surface area contributed by atoms with Crippen LogP contribution in [0.2, 0.25) is 0 Å². The normalized spacial score (nSPS) is 11.8. The van der Waals surface area contributed by atoms with Gasteiger partial charge in [-0.3, -0.25) is 0 Å². The number of hydrazine groups is 1. The van der Waals surface area contributed by atoms with Crippen LogP contribution in [0.3, 0.4) is 0 Å². The van der Waals surface area contributed by atoms with Gasteiger partial charge >= 0.3 is 0 Å². The number of pyridine rings is 1. The van der Waals surface area contributed by atoms with Crippen molar-refractivity contribution in [3.63, 3.8) is 0 Å². The topological polar surface area (TPSA) is 71.1 Å². The molecule has 0 spiro atoms. The number of anilines is 1. The molecule has 1 aromatic heterocycles. The highest BCUT2D eigenvalue weighted by Crippen LogP contribution is 2.32. The predicted octanol–water partition coefficient (Wildman–Crippen LogP) is 4.28. The van der Waals surface area contributed by atoms with E-state index in [9.17, 15) is 17.2 Å². The zero-order valence-electron chi connectivity index (χ0n) is 14.7. The Morgan fingerprint density at radius 2 is 1.36 bits per heavy atom. The lowest BCUT2D eigenvalue weighted by Gasteiger charge is -2.15. The van der Waals surface area contributed by atoms with Crippen LogP contribution in [-0.2, 0) is 10.0 Å². The van der Waals surface area contributed by atoms with E-state index in [-0.39, 0.29) is 21.6 Å². The molecule has 0 atom stereocenters. The van der Waals surface area contributed by atoms with Gasteiger partial charge in [0.15, 0.2) is 0 Å². The van der Waals surface area contributed by atoms with Gasteiger partial charge in [-0.05, 0) is 31.2 Å². The molecule has 0 aliphatic rings. The number of rotatable bonds is 4. The van der Waals surface area contributed by atoms with Crippen LogP contribution < -0.4 is 10.3 Å². The van der Waals surface area contributed by atoms with Crippen molar-refractivity contribution in [1.82, 2.24) is 9.82 Å². The summed E-state index contributed by atoms with van der Waals surface area (Å²) in [7, 11) is -3.90. The second-order valence-corrected chi connectivity index (χ2v) is 7.98. The number of nitrogens with one attached hydrogen (secondary N) is 2. The van der Waals surface area contributed by atoms with Crippen molar-refractivity contribution in [3.8, 4) is 0 Å². The first-order valence-electron chi connectivity index (χ1n) is 8.38. The summed E-state index contributed by atoms with van der Waals surface area (Å²) in [6.07, 6.45) is 0. The molecule has 0 radical (unpaired) electrons. The van der Waals surface area contributed by atoms with Gasteiger partial charge < -0.3 is 5.43 Å². The largest absolute Gasteiger partial charge is 0.306 e. The minimum Gasteiger partial charge on any atom is -0.306 e. The average Bonchev–Trinajstić information content (AvgIpc) is 2.67. The standard InChI is InChI=1S/C20H15F2N3O2S/c1-12-8-10-13(11-9-12)28(26,27)25-24-18-14-4-2-6-16(21)19(14)23-20-15(18)5-3-7-17(20)22/h2-11,25H,1H3,(H,23,24). The third-order valence-electron chi connectivity index (χ3n) is 4.38. The van der Waals surface area contributed by atoms with Gasteiger partial charge in [0.25, 0.3) is 10.0 Å². The fraction of sp³-hybridized carbons (Fsp3) is 0.0500. The molecule has 142 valence electrons. The lowest BCUT2D eigenvalue weighted by molar-refractivity contribution is 0.588. The van der Waals surface area contributed by atoms with E-state index in [0.717, 1.165) is 5.56 Å². The Morgan fingerprint density at radius 1 is 0.821 bits per heavy atom. The molecule has 0 aliphatic heterocycles. The van der Waals surface area contributed by atoms with Crippen molar-refractivity contribution in [1.29, 1.82) is 0 Å². The first-order valence-corrected chi connectivity index (χ1v) is 9.86. The first-order chi connectivity index (χ1) is 13.4. The van der Waals surface area contributed by atoms with Crippen LogP contribution in [0, 0.1) is 18.6 Å². The van der Waals surface area contributed by atoms with Crippen molar-refractivity contribution in [3.05, 3.63) is 77.9 Å². The SMILES string of the molecule is Cc1ccc(S(=O)(=O)NNc2c3cccc(F)c3nc3c(F)cccc23)cc1. The van der Waals surface area contributed by atoms with Crippen molar-refractivity contribution < 1.29 is 17.2 Å². The minimum atomic E-state index is -3.90.